The maximum atomic E-state index is 3.02. The van der Waals surface area contributed by atoms with E-state index in [-0.39, 0.29) is 0 Å². The Kier molecular flexibility index (Phi) is 0.729. The highest BCUT2D eigenvalue weighted by Crippen LogP contribution is 2.34. The quantitative estimate of drug-likeness (QED) is 0.440. The van der Waals surface area contributed by atoms with Crippen molar-refractivity contribution < 1.29 is 0 Å². The molecule has 1 aliphatic heterocycles. The molecule has 1 fully saturated rings. The Morgan fingerprint density at radius 1 is 1.50 bits per heavy atom. The first-order chi connectivity index (χ1) is 3.97. The molecule has 3 heteroatoms. The number of hydrogen-bond acceptors (Lipinski definition) is 3. The molecular weight excluding hydrogens is 102 g/mol. The number of nitrogens with one attached hydrogen (secondary N) is 3. The molecule has 2 aliphatic rings. The van der Waals surface area contributed by atoms with Crippen LogP contribution in [0.1, 0.15) is 12.8 Å². The number of rotatable bonds is 1. The minimum absolute atomic E-state index is 0.817. The molecule has 0 bridgehead atoms. The molecule has 3 N–H and O–H groups in total. The van der Waals surface area contributed by atoms with Gasteiger partial charge in [-0.25, -0.2) is 0 Å². The SMILES string of the molecule is C1=C(C2CC2)NNN1. The first-order valence-corrected chi connectivity index (χ1v) is 2.93. The van der Waals surface area contributed by atoms with E-state index in [1.165, 1.54) is 18.5 Å². The predicted molar refractivity (Wildman–Crippen MR) is 30.2 cm³/mol. The predicted octanol–water partition coefficient (Wildman–Crippen LogP) is -0.150. The fourth-order valence-corrected chi connectivity index (χ4v) is 0.872. The van der Waals surface area contributed by atoms with Crippen LogP contribution in [-0.4, -0.2) is 0 Å². The van der Waals surface area contributed by atoms with Gasteiger partial charge in [0.25, 0.3) is 0 Å². The van der Waals surface area contributed by atoms with E-state index in [2.05, 4.69) is 16.4 Å². The van der Waals surface area contributed by atoms with Crippen molar-refractivity contribution in [3.63, 3.8) is 0 Å². The molecule has 0 spiro atoms. The minimum Gasteiger partial charge on any atom is -0.310 e. The second-order valence-corrected chi connectivity index (χ2v) is 2.27. The summed E-state index contributed by atoms with van der Waals surface area (Å²) in [5, 5.41) is 0. The minimum atomic E-state index is 0.817. The number of hydrogen-bond donors (Lipinski definition) is 3. The smallest absolute Gasteiger partial charge is 0.0481 e. The highest BCUT2D eigenvalue weighted by atomic mass is 15.6. The molecular formula is C5H9N3. The van der Waals surface area contributed by atoms with Gasteiger partial charge in [0.05, 0.1) is 0 Å². The van der Waals surface area contributed by atoms with E-state index in [1.54, 1.807) is 0 Å². The van der Waals surface area contributed by atoms with Crippen LogP contribution in [0.2, 0.25) is 0 Å². The Hall–Kier alpha value is -0.700. The van der Waals surface area contributed by atoms with Crippen LogP contribution in [0.3, 0.4) is 0 Å². The monoisotopic (exact) mass is 111 g/mol. The molecule has 0 unspecified atom stereocenters. The molecule has 0 aromatic carbocycles. The Morgan fingerprint density at radius 3 is 2.88 bits per heavy atom. The average molecular weight is 111 g/mol. The first-order valence-electron chi connectivity index (χ1n) is 2.93. The lowest BCUT2D eigenvalue weighted by atomic mass is 10.3. The van der Waals surface area contributed by atoms with E-state index in [4.69, 9.17) is 0 Å². The molecule has 0 aromatic rings. The number of hydrazine groups is 2. The van der Waals surface area contributed by atoms with Gasteiger partial charge in [-0.1, -0.05) is 0 Å². The highest BCUT2D eigenvalue weighted by molar-refractivity contribution is 5.10. The van der Waals surface area contributed by atoms with Gasteiger partial charge in [-0.15, -0.1) is 0 Å². The van der Waals surface area contributed by atoms with Crippen LogP contribution in [0.15, 0.2) is 11.9 Å². The molecule has 0 atom stereocenters. The van der Waals surface area contributed by atoms with Gasteiger partial charge in [0.2, 0.25) is 0 Å². The summed E-state index contributed by atoms with van der Waals surface area (Å²) in [5.74, 6) is 0.817. The van der Waals surface area contributed by atoms with Gasteiger partial charge >= 0.3 is 0 Å². The Balaban J connectivity index is 2.02. The summed E-state index contributed by atoms with van der Waals surface area (Å²) in [7, 11) is 0. The summed E-state index contributed by atoms with van der Waals surface area (Å²) in [6.45, 7) is 0. The lowest BCUT2D eigenvalue weighted by Gasteiger charge is -1.96. The Bertz CT molecular complexity index is 126. The van der Waals surface area contributed by atoms with Gasteiger partial charge in [0.15, 0.2) is 0 Å². The van der Waals surface area contributed by atoms with E-state index in [0.29, 0.717) is 0 Å². The van der Waals surface area contributed by atoms with Gasteiger partial charge in [-0.05, 0) is 12.8 Å². The van der Waals surface area contributed by atoms with Gasteiger partial charge in [0.1, 0.15) is 0 Å². The Labute approximate surface area is 48.1 Å². The summed E-state index contributed by atoms with van der Waals surface area (Å²) in [4.78, 5) is 0. The molecule has 0 amide bonds. The van der Waals surface area contributed by atoms with Crippen molar-refractivity contribution in [2.45, 2.75) is 12.8 Å². The number of allylic oxidation sites excluding steroid dienone is 1. The molecule has 0 aromatic heterocycles. The van der Waals surface area contributed by atoms with Crippen LogP contribution in [0.4, 0.5) is 0 Å². The van der Waals surface area contributed by atoms with Crippen molar-refractivity contribution >= 4 is 0 Å². The highest BCUT2D eigenvalue weighted by Gasteiger charge is 2.27. The van der Waals surface area contributed by atoms with Crippen LogP contribution in [0.5, 0.6) is 0 Å². The standard InChI is InChI=1S/C5H9N3/c1-2-4(1)5-3-6-8-7-5/h3-4,6-8H,1-2H2. The lowest BCUT2D eigenvalue weighted by molar-refractivity contribution is 0.586. The van der Waals surface area contributed by atoms with E-state index >= 15 is 0 Å². The third kappa shape index (κ3) is 0.554. The molecule has 0 radical (unpaired) electrons. The van der Waals surface area contributed by atoms with Crippen LogP contribution in [0.25, 0.3) is 0 Å². The molecule has 8 heavy (non-hydrogen) atoms. The molecule has 3 nitrogen and oxygen atoms in total. The molecule has 44 valence electrons. The maximum Gasteiger partial charge on any atom is 0.0481 e. The normalized spacial score (nSPS) is 26.2. The van der Waals surface area contributed by atoms with Gasteiger partial charge in [0, 0.05) is 17.8 Å². The van der Waals surface area contributed by atoms with Crippen molar-refractivity contribution in [1.82, 2.24) is 16.4 Å². The molecule has 0 saturated heterocycles. The van der Waals surface area contributed by atoms with Crippen LogP contribution >= 0.6 is 0 Å². The largest absolute Gasteiger partial charge is 0.310 e. The lowest BCUT2D eigenvalue weighted by Crippen LogP contribution is -2.31. The van der Waals surface area contributed by atoms with E-state index in [9.17, 15) is 0 Å². The summed E-state index contributed by atoms with van der Waals surface area (Å²) in [6, 6.07) is 0. The van der Waals surface area contributed by atoms with Crippen LogP contribution in [0, 0.1) is 5.92 Å². The zero-order chi connectivity index (χ0) is 5.40. The fourth-order valence-electron chi connectivity index (χ4n) is 0.872. The topological polar surface area (TPSA) is 36.1 Å². The maximum absolute atomic E-state index is 3.02. The van der Waals surface area contributed by atoms with Gasteiger partial charge < -0.3 is 10.9 Å². The summed E-state index contributed by atoms with van der Waals surface area (Å²) in [6.07, 6.45) is 4.68. The molecule has 1 saturated carbocycles. The van der Waals surface area contributed by atoms with Crippen molar-refractivity contribution in [1.29, 1.82) is 0 Å². The van der Waals surface area contributed by atoms with E-state index < -0.39 is 0 Å². The second-order valence-electron chi connectivity index (χ2n) is 2.27. The Morgan fingerprint density at radius 2 is 2.38 bits per heavy atom. The third-order valence-electron chi connectivity index (χ3n) is 1.52. The summed E-state index contributed by atoms with van der Waals surface area (Å²) < 4.78 is 0. The zero-order valence-corrected chi connectivity index (χ0v) is 4.57. The van der Waals surface area contributed by atoms with Crippen LogP contribution < -0.4 is 16.4 Å². The zero-order valence-electron chi connectivity index (χ0n) is 4.57. The van der Waals surface area contributed by atoms with Crippen LogP contribution in [-0.2, 0) is 0 Å². The van der Waals surface area contributed by atoms with Crippen molar-refractivity contribution in [2.24, 2.45) is 5.92 Å². The average Bonchev–Trinajstić information content (AvgIpc) is 2.49. The van der Waals surface area contributed by atoms with Crippen molar-refractivity contribution in [3.05, 3.63) is 11.9 Å². The summed E-state index contributed by atoms with van der Waals surface area (Å²) in [5.41, 5.74) is 10.0. The van der Waals surface area contributed by atoms with Gasteiger partial charge in [-0.2, -0.15) is 5.53 Å². The fraction of sp³-hybridized carbons (Fsp3) is 0.600. The van der Waals surface area contributed by atoms with Crippen molar-refractivity contribution in [2.75, 3.05) is 0 Å². The summed E-state index contributed by atoms with van der Waals surface area (Å²) >= 11 is 0. The van der Waals surface area contributed by atoms with Gasteiger partial charge in [-0.3, -0.25) is 0 Å². The van der Waals surface area contributed by atoms with Crippen molar-refractivity contribution in [3.8, 4) is 0 Å². The third-order valence-corrected chi connectivity index (χ3v) is 1.52. The van der Waals surface area contributed by atoms with E-state index in [1.807, 2.05) is 6.20 Å². The molecule has 1 aliphatic carbocycles. The van der Waals surface area contributed by atoms with E-state index in [0.717, 1.165) is 5.92 Å². The molecule has 2 rings (SSSR count). The molecule has 1 heterocycles. The first kappa shape index (κ1) is 4.21. The second kappa shape index (κ2) is 1.39.